The molecule has 1 fully saturated rings. The molecule has 0 atom stereocenters. The Hall–Kier alpha value is -1.22. The molecule has 0 aromatic heterocycles. The Morgan fingerprint density at radius 3 is 2.61 bits per heavy atom. The molecular formula is C15H24N2O. The fourth-order valence-corrected chi connectivity index (χ4v) is 2.72. The minimum absolute atomic E-state index is 0.590. The Kier molecular flexibility index (Phi) is 4.48. The number of nitrogens with zero attached hydrogens (tertiary/aromatic N) is 1. The average molecular weight is 248 g/mol. The maximum absolute atomic E-state index is 5.83. The predicted octanol–water partition coefficient (Wildman–Crippen LogP) is 2.78. The van der Waals surface area contributed by atoms with Crippen molar-refractivity contribution in [1.29, 1.82) is 0 Å². The van der Waals surface area contributed by atoms with Crippen LogP contribution in [-0.2, 0) is 6.54 Å². The minimum atomic E-state index is 0.590. The first-order valence-corrected chi connectivity index (χ1v) is 6.90. The molecule has 2 rings (SSSR count). The SMILES string of the molecule is CCC1CCN(c2cc(OC)ccc2CN)CC1. The molecule has 3 nitrogen and oxygen atoms in total. The summed E-state index contributed by atoms with van der Waals surface area (Å²) in [7, 11) is 1.71. The van der Waals surface area contributed by atoms with E-state index in [2.05, 4.69) is 24.0 Å². The van der Waals surface area contributed by atoms with E-state index < -0.39 is 0 Å². The highest BCUT2D eigenvalue weighted by atomic mass is 16.5. The van der Waals surface area contributed by atoms with E-state index in [1.54, 1.807) is 7.11 Å². The fraction of sp³-hybridized carbons (Fsp3) is 0.600. The van der Waals surface area contributed by atoms with Crippen molar-refractivity contribution in [3.8, 4) is 5.75 Å². The van der Waals surface area contributed by atoms with Crippen molar-refractivity contribution < 1.29 is 4.74 Å². The largest absolute Gasteiger partial charge is 0.497 e. The van der Waals surface area contributed by atoms with Crippen molar-refractivity contribution in [2.45, 2.75) is 32.7 Å². The summed E-state index contributed by atoms with van der Waals surface area (Å²) < 4.78 is 5.32. The highest BCUT2D eigenvalue weighted by molar-refractivity contribution is 5.57. The summed E-state index contributed by atoms with van der Waals surface area (Å²) in [6.07, 6.45) is 3.88. The molecule has 0 spiro atoms. The van der Waals surface area contributed by atoms with Gasteiger partial charge in [-0.1, -0.05) is 19.4 Å². The fourth-order valence-electron chi connectivity index (χ4n) is 2.72. The second-order valence-corrected chi connectivity index (χ2v) is 5.04. The molecule has 1 aromatic carbocycles. The highest BCUT2D eigenvalue weighted by Crippen LogP contribution is 2.30. The van der Waals surface area contributed by atoms with Crippen molar-refractivity contribution in [3.05, 3.63) is 23.8 Å². The van der Waals surface area contributed by atoms with Crippen LogP contribution in [-0.4, -0.2) is 20.2 Å². The summed E-state index contributed by atoms with van der Waals surface area (Å²) in [6.45, 7) is 5.15. The Labute approximate surface area is 110 Å². The van der Waals surface area contributed by atoms with Gasteiger partial charge in [0.05, 0.1) is 7.11 Å². The van der Waals surface area contributed by atoms with E-state index in [0.29, 0.717) is 6.54 Å². The first-order valence-electron chi connectivity index (χ1n) is 6.90. The molecule has 2 N–H and O–H groups in total. The number of anilines is 1. The molecule has 1 heterocycles. The van der Waals surface area contributed by atoms with E-state index in [1.807, 2.05) is 6.07 Å². The van der Waals surface area contributed by atoms with Crippen molar-refractivity contribution in [2.24, 2.45) is 11.7 Å². The lowest BCUT2D eigenvalue weighted by Crippen LogP contribution is -2.34. The summed E-state index contributed by atoms with van der Waals surface area (Å²) in [5.41, 5.74) is 8.30. The van der Waals surface area contributed by atoms with Gasteiger partial charge in [-0.3, -0.25) is 0 Å². The van der Waals surface area contributed by atoms with Crippen LogP contribution in [0.25, 0.3) is 0 Å². The zero-order valence-electron chi connectivity index (χ0n) is 11.5. The number of piperidine rings is 1. The number of hydrogen-bond acceptors (Lipinski definition) is 3. The molecule has 0 radical (unpaired) electrons. The van der Waals surface area contributed by atoms with Gasteiger partial charge in [-0.25, -0.2) is 0 Å². The van der Waals surface area contributed by atoms with E-state index in [0.717, 1.165) is 24.8 Å². The van der Waals surface area contributed by atoms with Gasteiger partial charge in [-0.05, 0) is 30.4 Å². The third-order valence-electron chi connectivity index (χ3n) is 4.04. The molecule has 100 valence electrons. The first-order chi connectivity index (χ1) is 8.78. The monoisotopic (exact) mass is 248 g/mol. The van der Waals surface area contributed by atoms with Crippen LogP contribution in [0.2, 0.25) is 0 Å². The lowest BCUT2D eigenvalue weighted by Gasteiger charge is -2.34. The smallest absolute Gasteiger partial charge is 0.120 e. The van der Waals surface area contributed by atoms with E-state index in [1.165, 1.54) is 30.5 Å². The van der Waals surface area contributed by atoms with Gasteiger partial charge in [-0.2, -0.15) is 0 Å². The number of rotatable bonds is 4. The first kappa shape index (κ1) is 13.2. The summed E-state index contributed by atoms with van der Waals surface area (Å²) >= 11 is 0. The van der Waals surface area contributed by atoms with Gasteiger partial charge < -0.3 is 15.4 Å². The number of nitrogens with two attached hydrogens (primary N) is 1. The molecule has 0 aliphatic carbocycles. The molecule has 0 amide bonds. The van der Waals surface area contributed by atoms with Gasteiger partial charge in [0.15, 0.2) is 0 Å². The number of ether oxygens (including phenoxy) is 1. The Balaban J connectivity index is 2.16. The van der Waals surface area contributed by atoms with E-state index in [-0.39, 0.29) is 0 Å². The Bertz CT molecular complexity index is 384. The molecule has 1 aromatic rings. The van der Waals surface area contributed by atoms with Crippen LogP contribution in [0.5, 0.6) is 5.75 Å². The van der Waals surface area contributed by atoms with Crippen molar-refractivity contribution in [3.63, 3.8) is 0 Å². The molecular weight excluding hydrogens is 224 g/mol. The average Bonchev–Trinajstić information content (AvgIpc) is 2.46. The highest BCUT2D eigenvalue weighted by Gasteiger charge is 2.19. The van der Waals surface area contributed by atoms with Crippen LogP contribution in [0.1, 0.15) is 31.7 Å². The van der Waals surface area contributed by atoms with E-state index in [4.69, 9.17) is 10.5 Å². The number of hydrogen-bond donors (Lipinski definition) is 1. The molecule has 0 bridgehead atoms. The molecule has 1 aliphatic heterocycles. The van der Waals surface area contributed by atoms with Gasteiger partial charge >= 0.3 is 0 Å². The maximum Gasteiger partial charge on any atom is 0.120 e. The second-order valence-electron chi connectivity index (χ2n) is 5.04. The standard InChI is InChI=1S/C15H24N2O/c1-3-12-6-8-17(9-7-12)15-10-14(18-2)5-4-13(15)11-16/h4-5,10,12H,3,6-9,11,16H2,1-2H3. The van der Waals surface area contributed by atoms with Crippen LogP contribution < -0.4 is 15.4 Å². The van der Waals surface area contributed by atoms with Crippen molar-refractivity contribution in [2.75, 3.05) is 25.1 Å². The predicted molar refractivity (Wildman–Crippen MR) is 76.1 cm³/mol. The number of benzene rings is 1. The second kappa shape index (κ2) is 6.10. The summed E-state index contributed by atoms with van der Waals surface area (Å²) in [5, 5.41) is 0. The molecule has 0 unspecified atom stereocenters. The van der Waals surface area contributed by atoms with Crippen molar-refractivity contribution in [1.82, 2.24) is 0 Å². The third kappa shape index (κ3) is 2.78. The zero-order valence-corrected chi connectivity index (χ0v) is 11.5. The topological polar surface area (TPSA) is 38.5 Å². The molecule has 1 saturated heterocycles. The molecule has 3 heteroatoms. The van der Waals surface area contributed by atoms with Crippen LogP contribution in [0.4, 0.5) is 5.69 Å². The summed E-state index contributed by atoms with van der Waals surface area (Å²) in [5.74, 6) is 1.81. The Morgan fingerprint density at radius 1 is 1.33 bits per heavy atom. The van der Waals surface area contributed by atoms with Gasteiger partial charge in [0.2, 0.25) is 0 Å². The quantitative estimate of drug-likeness (QED) is 0.890. The zero-order chi connectivity index (χ0) is 13.0. The molecule has 0 saturated carbocycles. The summed E-state index contributed by atoms with van der Waals surface area (Å²) in [6, 6.07) is 6.19. The van der Waals surface area contributed by atoms with Gasteiger partial charge in [0.1, 0.15) is 5.75 Å². The number of methoxy groups -OCH3 is 1. The minimum Gasteiger partial charge on any atom is -0.497 e. The van der Waals surface area contributed by atoms with Gasteiger partial charge in [0, 0.05) is 31.4 Å². The normalized spacial score (nSPS) is 16.9. The maximum atomic E-state index is 5.83. The molecule has 18 heavy (non-hydrogen) atoms. The van der Waals surface area contributed by atoms with Crippen molar-refractivity contribution >= 4 is 5.69 Å². The van der Waals surface area contributed by atoms with Crippen LogP contribution in [0, 0.1) is 5.92 Å². The lowest BCUT2D eigenvalue weighted by atomic mass is 9.93. The van der Waals surface area contributed by atoms with Crippen LogP contribution in [0.15, 0.2) is 18.2 Å². The lowest BCUT2D eigenvalue weighted by molar-refractivity contribution is 0.393. The van der Waals surface area contributed by atoms with Gasteiger partial charge in [0.25, 0.3) is 0 Å². The van der Waals surface area contributed by atoms with E-state index in [9.17, 15) is 0 Å². The van der Waals surface area contributed by atoms with Crippen LogP contribution >= 0.6 is 0 Å². The Morgan fingerprint density at radius 2 is 2.06 bits per heavy atom. The summed E-state index contributed by atoms with van der Waals surface area (Å²) in [4.78, 5) is 2.46. The van der Waals surface area contributed by atoms with E-state index >= 15 is 0 Å². The third-order valence-corrected chi connectivity index (χ3v) is 4.04. The van der Waals surface area contributed by atoms with Crippen LogP contribution in [0.3, 0.4) is 0 Å². The molecule has 1 aliphatic rings. The van der Waals surface area contributed by atoms with Gasteiger partial charge in [-0.15, -0.1) is 0 Å².